The predicted octanol–water partition coefficient (Wildman–Crippen LogP) is 5.34. The second-order valence-electron chi connectivity index (χ2n) is 4.49. The number of benzene rings is 2. The molecule has 104 valence electrons. The molecule has 0 fully saturated rings. The van der Waals surface area contributed by atoms with Crippen LogP contribution in [0.3, 0.4) is 0 Å². The molecule has 0 aliphatic rings. The zero-order valence-electron chi connectivity index (χ0n) is 10.7. The van der Waals surface area contributed by atoms with Crippen LogP contribution in [0.4, 0.5) is 8.78 Å². The average molecular weight is 404 g/mol. The number of hydrogen-bond donors (Lipinski definition) is 0. The van der Waals surface area contributed by atoms with Crippen molar-refractivity contribution in [1.82, 2.24) is 0 Å². The van der Waals surface area contributed by atoms with Gasteiger partial charge in [-0.15, -0.1) is 0 Å². The number of rotatable bonds is 2. The second-order valence-corrected chi connectivity index (χ2v) is 6.26. The van der Waals surface area contributed by atoms with Crippen LogP contribution in [-0.4, -0.2) is 5.78 Å². The molecule has 2 aromatic rings. The Labute approximate surface area is 132 Å². The van der Waals surface area contributed by atoms with Crippen LogP contribution in [0.2, 0.25) is 0 Å². The lowest BCUT2D eigenvalue weighted by Gasteiger charge is -2.10. The summed E-state index contributed by atoms with van der Waals surface area (Å²) < 4.78 is 28.8. The molecule has 2 rings (SSSR count). The SMILES string of the molecule is Cc1cc(C(=O)c2c(F)cc(Br)cc2F)c(C)cc1Br. The Kier molecular flexibility index (Phi) is 4.39. The Hall–Kier alpha value is -1.07. The third kappa shape index (κ3) is 2.83. The van der Waals surface area contributed by atoms with E-state index in [2.05, 4.69) is 31.9 Å². The van der Waals surface area contributed by atoms with Gasteiger partial charge < -0.3 is 0 Å². The lowest BCUT2D eigenvalue weighted by atomic mass is 9.96. The van der Waals surface area contributed by atoms with Gasteiger partial charge in [-0.1, -0.05) is 31.9 Å². The van der Waals surface area contributed by atoms with Crippen LogP contribution in [0.25, 0.3) is 0 Å². The Morgan fingerprint density at radius 3 is 2.05 bits per heavy atom. The van der Waals surface area contributed by atoms with Gasteiger partial charge in [-0.2, -0.15) is 0 Å². The van der Waals surface area contributed by atoms with Crippen molar-refractivity contribution in [3.8, 4) is 0 Å². The Bertz CT molecular complexity index is 688. The van der Waals surface area contributed by atoms with Crippen molar-refractivity contribution in [2.45, 2.75) is 13.8 Å². The van der Waals surface area contributed by atoms with Gasteiger partial charge in [0.05, 0.1) is 5.56 Å². The fraction of sp³-hybridized carbons (Fsp3) is 0.133. The van der Waals surface area contributed by atoms with Crippen LogP contribution in [0.5, 0.6) is 0 Å². The smallest absolute Gasteiger partial charge is 0.199 e. The van der Waals surface area contributed by atoms with E-state index in [0.29, 0.717) is 11.1 Å². The molecule has 0 heterocycles. The number of carbonyl (C=O) groups is 1. The zero-order chi connectivity index (χ0) is 15.0. The molecule has 2 aromatic carbocycles. The topological polar surface area (TPSA) is 17.1 Å². The minimum atomic E-state index is -0.873. The Morgan fingerprint density at radius 2 is 1.50 bits per heavy atom. The van der Waals surface area contributed by atoms with Gasteiger partial charge in [0.1, 0.15) is 11.6 Å². The molecule has 0 saturated heterocycles. The van der Waals surface area contributed by atoms with E-state index in [-0.39, 0.29) is 4.47 Å². The normalized spacial score (nSPS) is 10.7. The van der Waals surface area contributed by atoms with Gasteiger partial charge in [0, 0.05) is 14.5 Å². The predicted molar refractivity (Wildman–Crippen MR) is 81.1 cm³/mol. The van der Waals surface area contributed by atoms with Crippen molar-refractivity contribution in [1.29, 1.82) is 0 Å². The zero-order valence-corrected chi connectivity index (χ0v) is 13.9. The molecule has 0 radical (unpaired) electrons. The van der Waals surface area contributed by atoms with E-state index in [0.717, 1.165) is 22.2 Å². The van der Waals surface area contributed by atoms with Crippen molar-refractivity contribution >= 4 is 37.6 Å². The molecule has 0 aliphatic carbocycles. The summed E-state index contributed by atoms with van der Waals surface area (Å²) in [6, 6.07) is 5.55. The van der Waals surface area contributed by atoms with E-state index >= 15 is 0 Å². The van der Waals surface area contributed by atoms with Gasteiger partial charge in [0.15, 0.2) is 5.78 Å². The summed E-state index contributed by atoms with van der Waals surface area (Å²) >= 11 is 6.35. The highest BCUT2D eigenvalue weighted by Gasteiger charge is 2.21. The van der Waals surface area contributed by atoms with Crippen LogP contribution in [0.15, 0.2) is 33.2 Å². The third-order valence-electron chi connectivity index (χ3n) is 2.98. The fourth-order valence-corrected chi connectivity index (χ4v) is 2.78. The summed E-state index contributed by atoms with van der Waals surface area (Å²) in [7, 11) is 0. The van der Waals surface area contributed by atoms with Gasteiger partial charge >= 0.3 is 0 Å². The Morgan fingerprint density at radius 1 is 0.950 bits per heavy atom. The minimum absolute atomic E-state index is 0.257. The molecule has 0 saturated carbocycles. The number of halogens is 4. The third-order valence-corrected chi connectivity index (χ3v) is 4.30. The maximum Gasteiger partial charge on any atom is 0.199 e. The van der Waals surface area contributed by atoms with E-state index in [1.54, 1.807) is 19.1 Å². The van der Waals surface area contributed by atoms with Crippen molar-refractivity contribution in [2.75, 3.05) is 0 Å². The van der Waals surface area contributed by atoms with Gasteiger partial charge in [-0.25, -0.2) is 8.78 Å². The highest BCUT2D eigenvalue weighted by Crippen LogP contribution is 2.26. The molecule has 0 aliphatic heterocycles. The first-order valence-electron chi connectivity index (χ1n) is 5.77. The molecule has 0 spiro atoms. The van der Waals surface area contributed by atoms with Crippen LogP contribution in [0, 0.1) is 25.5 Å². The van der Waals surface area contributed by atoms with E-state index in [1.807, 2.05) is 6.92 Å². The van der Waals surface area contributed by atoms with E-state index in [1.165, 1.54) is 0 Å². The summed E-state index contributed by atoms with van der Waals surface area (Å²) in [6.45, 7) is 3.54. The van der Waals surface area contributed by atoms with Crippen LogP contribution >= 0.6 is 31.9 Å². The highest BCUT2D eigenvalue weighted by atomic mass is 79.9. The lowest BCUT2D eigenvalue weighted by molar-refractivity contribution is 0.103. The lowest BCUT2D eigenvalue weighted by Crippen LogP contribution is -2.10. The first-order chi connectivity index (χ1) is 9.31. The summed E-state index contributed by atoms with van der Waals surface area (Å²) in [5.41, 5.74) is 1.26. The average Bonchev–Trinajstić information content (AvgIpc) is 2.32. The van der Waals surface area contributed by atoms with Crippen LogP contribution in [-0.2, 0) is 0 Å². The van der Waals surface area contributed by atoms with Gasteiger partial charge in [-0.05, 0) is 49.2 Å². The standard InChI is InChI=1S/C15H10Br2F2O/c1-7-4-11(17)8(2)3-10(7)15(20)14-12(18)5-9(16)6-13(14)19/h3-6H,1-2H3. The molecular formula is C15H10Br2F2O. The maximum absolute atomic E-state index is 13.9. The molecule has 0 aromatic heterocycles. The molecule has 0 unspecified atom stereocenters. The van der Waals surface area contributed by atoms with Crippen molar-refractivity contribution in [2.24, 2.45) is 0 Å². The highest BCUT2D eigenvalue weighted by molar-refractivity contribution is 9.10. The molecule has 5 heteroatoms. The number of ketones is 1. The molecule has 0 amide bonds. The summed E-state index contributed by atoms with van der Waals surface area (Å²) in [4.78, 5) is 12.4. The number of aryl methyl sites for hydroxylation is 2. The van der Waals surface area contributed by atoms with Gasteiger partial charge in [0.25, 0.3) is 0 Å². The molecule has 0 atom stereocenters. The Balaban J connectivity index is 2.61. The summed E-state index contributed by atoms with van der Waals surface area (Å²) in [6.07, 6.45) is 0. The monoisotopic (exact) mass is 402 g/mol. The van der Waals surface area contributed by atoms with E-state index in [9.17, 15) is 13.6 Å². The first kappa shape index (κ1) is 15.3. The molecule has 20 heavy (non-hydrogen) atoms. The van der Waals surface area contributed by atoms with Crippen molar-refractivity contribution in [3.05, 3.63) is 67.1 Å². The molecule has 0 bridgehead atoms. The van der Waals surface area contributed by atoms with Gasteiger partial charge in [0.2, 0.25) is 0 Å². The maximum atomic E-state index is 13.9. The van der Waals surface area contributed by atoms with E-state index < -0.39 is 23.0 Å². The van der Waals surface area contributed by atoms with E-state index in [4.69, 9.17) is 0 Å². The minimum Gasteiger partial charge on any atom is -0.288 e. The molecule has 1 nitrogen and oxygen atoms in total. The second kappa shape index (κ2) is 5.74. The van der Waals surface area contributed by atoms with Gasteiger partial charge in [-0.3, -0.25) is 4.79 Å². The van der Waals surface area contributed by atoms with Crippen LogP contribution < -0.4 is 0 Å². The summed E-state index contributed by atoms with van der Waals surface area (Å²) in [5.74, 6) is -2.40. The molecule has 0 N–H and O–H groups in total. The van der Waals surface area contributed by atoms with Crippen LogP contribution in [0.1, 0.15) is 27.0 Å². The van der Waals surface area contributed by atoms with Crippen molar-refractivity contribution in [3.63, 3.8) is 0 Å². The first-order valence-corrected chi connectivity index (χ1v) is 7.36. The number of hydrogen-bond acceptors (Lipinski definition) is 1. The molecular weight excluding hydrogens is 394 g/mol. The summed E-state index contributed by atoms with van der Waals surface area (Å²) in [5, 5.41) is 0. The number of carbonyl (C=O) groups excluding carboxylic acids is 1. The quantitative estimate of drug-likeness (QED) is 0.618. The fourth-order valence-electron chi connectivity index (χ4n) is 1.92. The van der Waals surface area contributed by atoms with Crippen molar-refractivity contribution < 1.29 is 13.6 Å². The largest absolute Gasteiger partial charge is 0.288 e.